The monoisotopic (exact) mass is 444 g/mol. The highest BCUT2D eigenvalue weighted by atomic mass is 32.2. The van der Waals surface area contributed by atoms with Gasteiger partial charge in [-0.1, -0.05) is 49.6 Å². The lowest BCUT2D eigenvalue weighted by atomic mass is 9.84. The van der Waals surface area contributed by atoms with E-state index in [1.165, 1.54) is 66.7 Å². The molecule has 1 saturated carbocycles. The van der Waals surface area contributed by atoms with E-state index in [2.05, 4.69) is 29.2 Å². The number of aryl methyl sites for hydroxylation is 2. The Kier molecular flexibility index (Phi) is 7.28. The van der Waals surface area contributed by atoms with Crippen LogP contribution >= 0.6 is 11.3 Å². The molecule has 5 nitrogen and oxygen atoms in total. The van der Waals surface area contributed by atoms with Crippen molar-refractivity contribution in [3.05, 3.63) is 64.5 Å². The number of aromatic nitrogens is 1. The molecule has 0 aliphatic heterocycles. The summed E-state index contributed by atoms with van der Waals surface area (Å²) >= 11 is 1.50. The van der Waals surface area contributed by atoms with Gasteiger partial charge in [-0.15, -0.1) is 11.3 Å². The van der Waals surface area contributed by atoms with Crippen molar-refractivity contribution >= 4 is 26.6 Å². The Morgan fingerprint density at radius 3 is 2.20 bits per heavy atom. The van der Waals surface area contributed by atoms with Gasteiger partial charge < -0.3 is 5.73 Å². The van der Waals surface area contributed by atoms with E-state index in [4.69, 9.17) is 10.3 Å². The molecule has 0 spiro atoms. The zero-order valence-electron chi connectivity index (χ0n) is 17.3. The van der Waals surface area contributed by atoms with Crippen LogP contribution in [0.15, 0.2) is 52.7 Å². The SMILES string of the molecule is Cc1ccc(S(=O)(=O)O)cc1C.Nc1nc(-c2ccc(C3CCCCC3)cc2)cs1. The van der Waals surface area contributed by atoms with E-state index >= 15 is 0 Å². The van der Waals surface area contributed by atoms with E-state index in [0.717, 1.165) is 22.7 Å². The van der Waals surface area contributed by atoms with Crippen LogP contribution in [0.3, 0.4) is 0 Å². The summed E-state index contributed by atoms with van der Waals surface area (Å²) in [5.41, 5.74) is 11.2. The highest BCUT2D eigenvalue weighted by Crippen LogP contribution is 2.33. The van der Waals surface area contributed by atoms with Crippen LogP contribution in [0, 0.1) is 13.8 Å². The molecular weight excluding hydrogens is 416 g/mol. The summed E-state index contributed by atoms with van der Waals surface area (Å²) in [6.07, 6.45) is 6.88. The Morgan fingerprint density at radius 1 is 1.00 bits per heavy atom. The van der Waals surface area contributed by atoms with Gasteiger partial charge in [0.2, 0.25) is 0 Å². The molecule has 0 bridgehead atoms. The van der Waals surface area contributed by atoms with E-state index in [9.17, 15) is 8.42 Å². The topological polar surface area (TPSA) is 93.3 Å². The molecule has 1 aliphatic rings. The molecule has 0 unspecified atom stereocenters. The first kappa shape index (κ1) is 22.5. The first-order chi connectivity index (χ1) is 14.2. The van der Waals surface area contributed by atoms with Crippen molar-refractivity contribution in [1.82, 2.24) is 4.98 Å². The highest BCUT2D eigenvalue weighted by molar-refractivity contribution is 7.85. The van der Waals surface area contributed by atoms with Gasteiger partial charge in [-0.2, -0.15) is 8.42 Å². The minimum absolute atomic E-state index is 0.0504. The van der Waals surface area contributed by atoms with Crippen molar-refractivity contribution in [1.29, 1.82) is 0 Å². The smallest absolute Gasteiger partial charge is 0.294 e. The fourth-order valence-electron chi connectivity index (χ4n) is 3.66. The van der Waals surface area contributed by atoms with Gasteiger partial charge >= 0.3 is 0 Å². The molecule has 2 aromatic carbocycles. The molecule has 1 aromatic heterocycles. The van der Waals surface area contributed by atoms with Crippen molar-refractivity contribution < 1.29 is 13.0 Å². The average Bonchev–Trinajstić information content (AvgIpc) is 3.17. The van der Waals surface area contributed by atoms with Crippen molar-refractivity contribution in [2.45, 2.75) is 56.8 Å². The minimum atomic E-state index is -4.04. The van der Waals surface area contributed by atoms with Gasteiger partial charge in [0, 0.05) is 10.9 Å². The highest BCUT2D eigenvalue weighted by Gasteiger charge is 2.15. The van der Waals surface area contributed by atoms with Crippen molar-refractivity contribution in [2.75, 3.05) is 5.73 Å². The number of hydrogen-bond donors (Lipinski definition) is 2. The molecule has 7 heteroatoms. The van der Waals surface area contributed by atoms with Crippen LogP contribution in [0.2, 0.25) is 0 Å². The lowest BCUT2D eigenvalue weighted by Crippen LogP contribution is -2.04. The number of nitrogens with zero attached hydrogens (tertiary/aromatic N) is 1. The normalized spacial score (nSPS) is 14.8. The second-order valence-electron chi connectivity index (χ2n) is 7.75. The minimum Gasteiger partial charge on any atom is -0.375 e. The standard InChI is InChI=1S/C15H18N2S.C8H10O3S/c16-15-17-14(10-18-15)13-8-6-12(7-9-13)11-4-2-1-3-5-11;1-6-3-4-8(5-7(6)2)12(9,10)11/h6-11H,1-5H2,(H2,16,17);3-5H,1-2H3,(H,9,10,11). The van der Waals surface area contributed by atoms with Crippen LogP contribution in [0.25, 0.3) is 11.3 Å². The molecule has 4 rings (SSSR count). The van der Waals surface area contributed by atoms with E-state index in [1.807, 2.05) is 12.3 Å². The molecule has 3 N–H and O–H groups in total. The third-order valence-electron chi connectivity index (χ3n) is 5.58. The van der Waals surface area contributed by atoms with Crippen molar-refractivity contribution in [3.63, 3.8) is 0 Å². The van der Waals surface area contributed by atoms with E-state index < -0.39 is 10.1 Å². The van der Waals surface area contributed by atoms with Gasteiger partial charge in [-0.3, -0.25) is 4.55 Å². The van der Waals surface area contributed by atoms with Crippen LogP contribution in [-0.2, 0) is 10.1 Å². The Labute approximate surface area is 182 Å². The molecular formula is C23H28N2O3S2. The Hall–Kier alpha value is -2.22. The van der Waals surface area contributed by atoms with Crippen LogP contribution in [0.5, 0.6) is 0 Å². The Bertz CT molecular complexity index is 1080. The summed E-state index contributed by atoms with van der Waals surface area (Å²) < 4.78 is 30.0. The predicted octanol–water partition coefficient (Wildman–Crippen LogP) is 5.99. The van der Waals surface area contributed by atoms with Gasteiger partial charge in [-0.25, -0.2) is 4.98 Å². The fraction of sp³-hybridized carbons (Fsp3) is 0.348. The van der Waals surface area contributed by atoms with Crippen LogP contribution < -0.4 is 5.73 Å². The molecule has 30 heavy (non-hydrogen) atoms. The maximum Gasteiger partial charge on any atom is 0.294 e. The summed E-state index contributed by atoms with van der Waals surface area (Å²) in [6.45, 7) is 3.67. The molecule has 3 aromatic rings. The summed E-state index contributed by atoms with van der Waals surface area (Å²) in [6, 6.07) is 13.4. The van der Waals surface area contributed by atoms with Gasteiger partial charge in [0.05, 0.1) is 10.6 Å². The first-order valence-electron chi connectivity index (χ1n) is 10.1. The number of nitrogens with two attached hydrogens (primary N) is 1. The molecule has 0 amide bonds. The van der Waals surface area contributed by atoms with Gasteiger partial charge in [0.25, 0.3) is 10.1 Å². The van der Waals surface area contributed by atoms with Crippen LogP contribution in [0.1, 0.15) is 54.7 Å². The molecule has 0 saturated heterocycles. The maximum atomic E-state index is 10.7. The predicted molar refractivity (Wildman–Crippen MR) is 124 cm³/mol. The molecule has 1 fully saturated rings. The number of anilines is 1. The molecule has 0 radical (unpaired) electrons. The third-order valence-corrected chi connectivity index (χ3v) is 7.10. The maximum absolute atomic E-state index is 10.7. The summed E-state index contributed by atoms with van der Waals surface area (Å²) in [5, 5.41) is 2.66. The Balaban J connectivity index is 0.000000187. The van der Waals surface area contributed by atoms with E-state index in [0.29, 0.717) is 5.13 Å². The molecule has 0 atom stereocenters. The number of benzene rings is 2. The molecule has 160 valence electrons. The largest absolute Gasteiger partial charge is 0.375 e. The van der Waals surface area contributed by atoms with E-state index in [1.54, 1.807) is 13.0 Å². The van der Waals surface area contributed by atoms with Gasteiger partial charge in [0.1, 0.15) is 0 Å². The average molecular weight is 445 g/mol. The zero-order chi connectivity index (χ0) is 21.7. The summed E-state index contributed by atoms with van der Waals surface area (Å²) in [5.74, 6) is 0.772. The number of rotatable bonds is 3. The second-order valence-corrected chi connectivity index (χ2v) is 10.1. The molecule has 1 aliphatic carbocycles. The van der Waals surface area contributed by atoms with E-state index in [-0.39, 0.29) is 4.90 Å². The molecule has 1 heterocycles. The van der Waals surface area contributed by atoms with Crippen LogP contribution in [0.4, 0.5) is 5.13 Å². The first-order valence-corrected chi connectivity index (χ1v) is 12.4. The number of hydrogen-bond acceptors (Lipinski definition) is 5. The summed E-state index contributed by atoms with van der Waals surface area (Å²) in [7, 11) is -4.04. The number of nitrogen functional groups attached to an aromatic ring is 1. The fourth-order valence-corrected chi connectivity index (χ4v) is 4.79. The van der Waals surface area contributed by atoms with Crippen molar-refractivity contribution in [3.8, 4) is 11.3 Å². The lowest BCUT2D eigenvalue weighted by molar-refractivity contribution is 0.443. The Morgan fingerprint density at radius 2 is 1.67 bits per heavy atom. The zero-order valence-corrected chi connectivity index (χ0v) is 19.0. The second kappa shape index (κ2) is 9.73. The van der Waals surface area contributed by atoms with Gasteiger partial charge in [0.15, 0.2) is 5.13 Å². The third kappa shape index (κ3) is 5.90. The quantitative estimate of drug-likeness (QED) is 0.484. The van der Waals surface area contributed by atoms with Crippen LogP contribution in [-0.4, -0.2) is 18.0 Å². The number of thiazole rings is 1. The lowest BCUT2D eigenvalue weighted by Gasteiger charge is -2.22. The van der Waals surface area contributed by atoms with Gasteiger partial charge in [-0.05, 0) is 61.4 Å². The summed E-state index contributed by atoms with van der Waals surface area (Å²) in [4.78, 5) is 4.27. The van der Waals surface area contributed by atoms with Crippen molar-refractivity contribution in [2.24, 2.45) is 0 Å².